The van der Waals surface area contributed by atoms with Crippen LogP contribution in [0.2, 0.25) is 0 Å². The lowest BCUT2D eigenvalue weighted by Crippen LogP contribution is -2.61. The van der Waals surface area contributed by atoms with E-state index in [0.29, 0.717) is 6.04 Å². The van der Waals surface area contributed by atoms with E-state index in [-0.39, 0.29) is 18.6 Å². The Labute approximate surface area is 97.6 Å². The molecule has 2 atom stereocenters. The molecule has 0 saturated carbocycles. The van der Waals surface area contributed by atoms with Gasteiger partial charge in [0.1, 0.15) is 6.04 Å². The Bertz CT molecular complexity index is 245. The molecule has 0 radical (unpaired) electrons. The predicted octanol–water partition coefficient (Wildman–Crippen LogP) is -0.929. The summed E-state index contributed by atoms with van der Waals surface area (Å²) >= 11 is 0. The van der Waals surface area contributed by atoms with Gasteiger partial charge in [-0.3, -0.25) is 9.69 Å². The Kier molecular flexibility index (Phi) is 4.70. The molecule has 94 valence electrons. The first-order chi connectivity index (χ1) is 7.47. The van der Waals surface area contributed by atoms with Crippen LogP contribution >= 0.6 is 0 Å². The van der Waals surface area contributed by atoms with Crippen molar-refractivity contribution < 1.29 is 9.90 Å². The number of piperazine rings is 1. The molecule has 1 N–H and O–H groups in total. The third-order valence-corrected chi connectivity index (χ3v) is 3.26. The van der Waals surface area contributed by atoms with Gasteiger partial charge in [-0.25, -0.2) is 0 Å². The van der Waals surface area contributed by atoms with Crippen molar-refractivity contribution >= 4 is 5.91 Å². The van der Waals surface area contributed by atoms with E-state index in [1.54, 1.807) is 0 Å². The highest BCUT2D eigenvalue weighted by Gasteiger charge is 2.35. The van der Waals surface area contributed by atoms with Gasteiger partial charge in [0, 0.05) is 25.7 Å². The van der Waals surface area contributed by atoms with Crippen LogP contribution in [0.1, 0.15) is 6.92 Å². The molecule has 16 heavy (non-hydrogen) atoms. The number of carbonyl (C=O) groups is 1. The third kappa shape index (κ3) is 2.93. The summed E-state index contributed by atoms with van der Waals surface area (Å²) in [6.45, 7) is 4.33. The molecule has 0 aromatic rings. The maximum atomic E-state index is 12.0. The molecule has 0 aromatic carbocycles. The average Bonchev–Trinajstić information content (AvgIpc) is 2.22. The Hall–Kier alpha value is -0.650. The standard InChI is InChI=1S/C11H23N3O2/c1-9-7-14(6-5-12(2)3)11(16)10(8-15)13(9)4/h9-10,15H,5-8H2,1-4H3. The number of hydrogen-bond donors (Lipinski definition) is 1. The van der Waals surface area contributed by atoms with Gasteiger partial charge in [0.25, 0.3) is 0 Å². The average molecular weight is 229 g/mol. The molecule has 5 nitrogen and oxygen atoms in total. The molecule has 5 heteroatoms. The highest BCUT2D eigenvalue weighted by molar-refractivity contribution is 5.83. The highest BCUT2D eigenvalue weighted by atomic mass is 16.3. The van der Waals surface area contributed by atoms with Crippen LogP contribution in [0.25, 0.3) is 0 Å². The van der Waals surface area contributed by atoms with Crippen molar-refractivity contribution in [1.29, 1.82) is 0 Å². The number of nitrogens with zero attached hydrogens (tertiary/aromatic N) is 3. The molecule has 0 bridgehead atoms. The second-order valence-corrected chi connectivity index (χ2v) is 4.80. The molecule has 0 spiro atoms. The van der Waals surface area contributed by atoms with Crippen LogP contribution < -0.4 is 0 Å². The zero-order chi connectivity index (χ0) is 12.3. The van der Waals surface area contributed by atoms with Crippen LogP contribution in [0.3, 0.4) is 0 Å². The third-order valence-electron chi connectivity index (χ3n) is 3.26. The first-order valence-corrected chi connectivity index (χ1v) is 5.73. The number of rotatable bonds is 4. The maximum Gasteiger partial charge on any atom is 0.242 e. The minimum absolute atomic E-state index is 0.0463. The summed E-state index contributed by atoms with van der Waals surface area (Å²) in [5.74, 6) is 0.0463. The smallest absolute Gasteiger partial charge is 0.242 e. The Morgan fingerprint density at radius 3 is 2.62 bits per heavy atom. The number of amides is 1. The molecular weight excluding hydrogens is 206 g/mol. The van der Waals surface area contributed by atoms with Crippen LogP contribution in [0, 0.1) is 0 Å². The zero-order valence-electron chi connectivity index (χ0n) is 10.7. The van der Waals surface area contributed by atoms with Crippen molar-refractivity contribution in [2.24, 2.45) is 0 Å². The molecule has 1 rings (SSSR count). The fourth-order valence-corrected chi connectivity index (χ4v) is 1.96. The van der Waals surface area contributed by atoms with Crippen LogP contribution in [-0.2, 0) is 4.79 Å². The molecular formula is C11H23N3O2. The lowest BCUT2D eigenvalue weighted by atomic mass is 10.1. The van der Waals surface area contributed by atoms with Gasteiger partial charge in [0.05, 0.1) is 6.61 Å². The summed E-state index contributed by atoms with van der Waals surface area (Å²) in [5.41, 5.74) is 0. The van der Waals surface area contributed by atoms with Gasteiger partial charge >= 0.3 is 0 Å². The Balaban J connectivity index is 2.61. The summed E-state index contributed by atoms with van der Waals surface area (Å²) in [7, 11) is 5.88. The van der Waals surface area contributed by atoms with Crippen molar-refractivity contribution in [1.82, 2.24) is 14.7 Å². The molecule has 0 aliphatic carbocycles. The highest BCUT2D eigenvalue weighted by Crippen LogP contribution is 2.14. The molecule has 1 aliphatic rings. The van der Waals surface area contributed by atoms with Crippen molar-refractivity contribution in [2.75, 3.05) is 47.4 Å². The van der Waals surface area contributed by atoms with Gasteiger partial charge < -0.3 is 14.9 Å². The Morgan fingerprint density at radius 2 is 2.12 bits per heavy atom. The van der Waals surface area contributed by atoms with E-state index in [9.17, 15) is 9.90 Å². The van der Waals surface area contributed by atoms with Crippen molar-refractivity contribution in [3.63, 3.8) is 0 Å². The molecule has 2 unspecified atom stereocenters. The largest absolute Gasteiger partial charge is 0.394 e. The number of hydrogen-bond acceptors (Lipinski definition) is 4. The van der Waals surface area contributed by atoms with E-state index in [1.165, 1.54) is 0 Å². The van der Waals surface area contributed by atoms with Crippen LogP contribution in [0.4, 0.5) is 0 Å². The van der Waals surface area contributed by atoms with E-state index >= 15 is 0 Å². The monoisotopic (exact) mass is 229 g/mol. The minimum Gasteiger partial charge on any atom is -0.394 e. The van der Waals surface area contributed by atoms with Gasteiger partial charge in [0.2, 0.25) is 5.91 Å². The lowest BCUT2D eigenvalue weighted by Gasteiger charge is -2.42. The number of aliphatic hydroxyl groups is 1. The molecule has 1 saturated heterocycles. The van der Waals surface area contributed by atoms with Gasteiger partial charge in [-0.05, 0) is 28.1 Å². The normalized spacial score (nSPS) is 27.9. The SMILES string of the molecule is CC1CN(CCN(C)C)C(=O)C(CO)N1C. The minimum atomic E-state index is -0.370. The second-order valence-electron chi connectivity index (χ2n) is 4.80. The van der Waals surface area contributed by atoms with Gasteiger partial charge in [0.15, 0.2) is 0 Å². The molecule has 1 fully saturated rings. The molecule has 1 heterocycles. The van der Waals surface area contributed by atoms with E-state index < -0.39 is 0 Å². The Morgan fingerprint density at radius 1 is 1.50 bits per heavy atom. The van der Waals surface area contributed by atoms with Crippen molar-refractivity contribution in [3.05, 3.63) is 0 Å². The molecule has 1 aliphatic heterocycles. The maximum absolute atomic E-state index is 12.0. The van der Waals surface area contributed by atoms with Gasteiger partial charge in [-0.15, -0.1) is 0 Å². The number of likely N-dealkylation sites (N-methyl/N-ethyl adjacent to an activating group) is 2. The van der Waals surface area contributed by atoms with Crippen LogP contribution in [-0.4, -0.2) is 85.2 Å². The fraction of sp³-hybridized carbons (Fsp3) is 0.909. The van der Waals surface area contributed by atoms with Gasteiger partial charge in [-0.2, -0.15) is 0 Å². The summed E-state index contributed by atoms with van der Waals surface area (Å²) < 4.78 is 0. The summed E-state index contributed by atoms with van der Waals surface area (Å²) in [6, 6.07) is -0.0667. The first kappa shape index (κ1) is 13.4. The quantitative estimate of drug-likeness (QED) is 0.677. The lowest BCUT2D eigenvalue weighted by molar-refractivity contribution is -0.145. The van der Waals surface area contributed by atoms with Crippen LogP contribution in [0.15, 0.2) is 0 Å². The van der Waals surface area contributed by atoms with E-state index in [4.69, 9.17) is 0 Å². The zero-order valence-corrected chi connectivity index (χ0v) is 10.7. The van der Waals surface area contributed by atoms with Crippen molar-refractivity contribution in [2.45, 2.75) is 19.0 Å². The fourth-order valence-electron chi connectivity index (χ4n) is 1.96. The van der Waals surface area contributed by atoms with Gasteiger partial charge in [-0.1, -0.05) is 0 Å². The molecule has 1 amide bonds. The predicted molar refractivity (Wildman–Crippen MR) is 63.2 cm³/mol. The van der Waals surface area contributed by atoms with E-state index in [1.807, 2.05) is 30.9 Å². The molecule has 0 aromatic heterocycles. The number of aliphatic hydroxyl groups excluding tert-OH is 1. The second kappa shape index (κ2) is 5.61. The topological polar surface area (TPSA) is 47.0 Å². The van der Waals surface area contributed by atoms with Crippen molar-refractivity contribution in [3.8, 4) is 0 Å². The van der Waals surface area contributed by atoms with E-state index in [0.717, 1.165) is 19.6 Å². The summed E-state index contributed by atoms with van der Waals surface area (Å²) in [5, 5.41) is 9.25. The first-order valence-electron chi connectivity index (χ1n) is 5.73. The van der Waals surface area contributed by atoms with Crippen LogP contribution in [0.5, 0.6) is 0 Å². The number of carbonyl (C=O) groups excluding carboxylic acids is 1. The summed E-state index contributed by atoms with van der Waals surface area (Å²) in [4.78, 5) is 17.9. The summed E-state index contributed by atoms with van der Waals surface area (Å²) in [6.07, 6.45) is 0. The van der Waals surface area contributed by atoms with E-state index in [2.05, 4.69) is 11.8 Å².